The van der Waals surface area contributed by atoms with Gasteiger partial charge in [-0.25, -0.2) is 23.5 Å². The second kappa shape index (κ2) is 21.9. The van der Waals surface area contributed by atoms with Crippen molar-refractivity contribution >= 4 is 56.2 Å². The van der Waals surface area contributed by atoms with E-state index in [2.05, 4.69) is 50.6 Å². The summed E-state index contributed by atoms with van der Waals surface area (Å²) in [5, 5.41) is 13.4. The Morgan fingerprint density at radius 3 is 2.12 bits per heavy atom. The highest BCUT2D eigenvalue weighted by Gasteiger charge is 2.53. The van der Waals surface area contributed by atoms with Gasteiger partial charge in [0.2, 0.25) is 11.9 Å². The molecule has 2 aliphatic rings. The fourth-order valence-corrected chi connectivity index (χ4v) is 10.3. The number of aromatic nitrogens is 9. The largest absolute Gasteiger partial charge is 0.497 e. The minimum atomic E-state index is -4.81. The number of benzene rings is 4. The van der Waals surface area contributed by atoms with Gasteiger partial charge in [-0.15, -0.1) is 5.10 Å². The van der Waals surface area contributed by atoms with Crippen molar-refractivity contribution in [2.24, 2.45) is 5.92 Å². The monoisotopic (exact) mass is 1070 g/mol. The van der Waals surface area contributed by atoms with E-state index in [9.17, 15) is 22.8 Å². The van der Waals surface area contributed by atoms with Crippen LogP contribution >= 0.6 is 0 Å². The number of nitrogens with one attached hydrogen (secondary N) is 4. The number of nitrogens with zero attached hydrogens (tertiary/aromatic N) is 8. The third kappa shape index (κ3) is 10.5. The normalized spacial score (nSPS) is 20.7. The summed E-state index contributed by atoms with van der Waals surface area (Å²) in [6, 6.07) is 31.8. The number of hydrogen-bond donors (Lipinski definition) is 4. The molecule has 0 aliphatic carbocycles. The van der Waals surface area contributed by atoms with E-state index in [1.54, 1.807) is 92.7 Å². The Morgan fingerprint density at radius 2 is 1.48 bits per heavy atom. The van der Waals surface area contributed by atoms with Gasteiger partial charge < -0.3 is 29.0 Å². The molecule has 7 atom stereocenters. The molecule has 0 bridgehead atoms. The maximum absolute atomic E-state index is 18.2. The van der Waals surface area contributed by atoms with Crippen LogP contribution in [-0.2, 0) is 39.1 Å². The minimum absolute atomic E-state index is 0.0479. The van der Waals surface area contributed by atoms with Gasteiger partial charge in [-0.05, 0) is 59.5 Å². The van der Waals surface area contributed by atoms with Gasteiger partial charge in [0.25, 0.3) is 11.5 Å². The lowest BCUT2D eigenvalue weighted by Crippen LogP contribution is -2.47. The van der Waals surface area contributed by atoms with E-state index in [1.807, 2.05) is 37.3 Å². The van der Waals surface area contributed by atoms with E-state index in [0.717, 1.165) is 4.68 Å². The van der Waals surface area contributed by atoms with Crippen LogP contribution in [0.4, 0.5) is 16.2 Å². The molecule has 4 aromatic heterocycles. The molecule has 23 nitrogen and oxygen atoms in total. The number of amides is 2. The van der Waals surface area contributed by atoms with Gasteiger partial charge in [-0.1, -0.05) is 98.8 Å². The van der Waals surface area contributed by atoms with Crippen molar-refractivity contribution in [3.05, 3.63) is 154 Å². The third-order valence-corrected chi connectivity index (χ3v) is 14.3. The van der Waals surface area contributed by atoms with Gasteiger partial charge in [0, 0.05) is 24.4 Å². The lowest BCUT2D eigenvalue weighted by molar-refractivity contribution is -0.118. The zero-order chi connectivity index (χ0) is 54.0. The first-order valence-corrected chi connectivity index (χ1v) is 26.0. The molecule has 6 heterocycles. The lowest BCUT2D eigenvalue weighted by atomic mass is 9.79. The smallest absolute Gasteiger partial charge is 0.336 e. The number of imidazole rings is 1. The molecule has 4 aromatic carbocycles. The zero-order valence-electron chi connectivity index (χ0n) is 42.1. The maximum atomic E-state index is 18.2. The van der Waals surface area contributed by atoms with Gasteiger partial charge in [0.15, 0.2) is 46.8 Å². The summed E-state index contributed by atoms with van der Waals surface area (Å²) in [4.78, 5) is 58.9. The van der Waals surface area contributed by atoms with Crippen molar-refractivity contribution in [2.75, 3.05) is 31.4 Å². The maximum Gasteiger partial charge on any atom is 0.336 e. The predicted octanol–water partition coefficient (Wildman–Crippen LogP) is 5.75. The number of methoxy groups -OCH3 is 2. The summed E-state index contributed by atoms with van der Waals surface area (Å²) in [6.45, 7) is 4.55. The Bertz CT molecular complexity index is 3520. The van der Waals surface area contributed by atoms with Crippen molar-refractivity contribution in [2.45, 2.75) is 82.3 Å². The van der Waals surface area contributed by atoms with E-state index in [4.69, 9.17) is 27.9 Å². The molecule has 0 saturated carbocycles. The average Bonchev–Trinajstić information content (AvgIpc) is 4.28. The number of carbonyl (C=O) groups excluding carboxylic acids is 2. The van der Waals surface area contributed by atoms with Crippen LogP contribution in [0.15, 0.2) is 127 Å². The van der Waals surface area contributed by atoms with Crippen LogP contribution in [0.3, 0.4) is 0 Å². The Hall–Kier alpha value is -8.07. The molecule has 2 amide bonds. The molecule has 0 spiro atoms. The van der Waals surface area contributed by atoms with Crippen molar-refractivity contribution < 1.29 is 50.3 Å². The first-order valence-electron chi connectivity index (χ1n) is 24.6. The Balaban J connectivity index is 1.01. The zero-order valence-corrected chi connectivity index (χ0v) is 43.0. The molecule has 0 unspecified atom stereocenters. The number of H-pyrrole nitrogens is 1. The van der Waals surface area contributed by atoms with Crippen LogP contribution in [0, 0.1) is 5.92 Å². The van der Waals surface area contributed by atoms with Crippen LogP contribution in [0.5, 0.6) is 11.5 Å². The molecule has 25 heteroatoms. The van der Waals surface area contributed by atoms with Gasteiger partial charge in [0.1, 0.15) is 41.7 Å². The number of alkyl halides is 1. The molecular weight excluding hydrogens is 1020 g/mol. The van der Waals surface area contributed by atoms with Gasteiger partial charge in [-0.3, -0.25) is 29.3 Å². The Kier molecular flexibility index (Phi) is 14.9. The van der Waals surface area contributed by atoms with Gasteiger partial charge in [-0.2, -0.15) is 22.8 Å². The number of aromatic amines is 1. The van der Waals surface area contributed by atoms with E-state index < -0.39 is 88.8 Å². The van der Waals surface area contributed by atoms with Crippen molar-refractivity contribution in [1.82, 2.24) is 49.2 Å². The highest BCUT2D eigenvalue weighted by atomic mass is 32.2. The molecular formula is C52H53FN12O11S. The summed E-state index contributed by atoms with van der Waals surface area (Å²) in [5.74, 6) is -0.384. The highest BCUT2D eigenvalue weighted by molar-refractivity contribution is 7.84. The second-order valence-corrected chi connectivity index (χ2v) is 19.8. The van der Waals surface area contributed by atoms with Gasteiger partial charge >= 0.3 is 10.3 Å². The van der Waals surface area contributed by atoms with Crippen molar-refractivity contribution in [3.63, 3.8) is 0 Å². The van der Waals surface area contributed by atoms with E-state index in [1.165, 1.54) is 31.4 Å². The fraction of sp³-hybridized carbons (Fsp3) is 0.327. The van der Waals surface area contributed by atoms with Crippen LogP contribution in [0.2, 0.25) is 0 Å². The van der Waals surface area contributed by atoms with E-state index in [-0.39, 0.29) is 40.5 Å². The fourth-order valence-electron chi connectivity index (χ4n) is 9.35. The number of carbonyl (C=O) groups is 2. The summed E-state index contributed by atoms with van der Waals surface area (Å²) in [7, 11) is -1.74. The number of ether oxygens (including phenoxy) is 5. The lowest BCUT2D eigenvalue weighted by Gasteiger charge is -2.39. The standard InChI is InChI=1S/C52H53FN12O11S/c1-6-34-25-37(49(73-34)65-45-41(62-63-65)48(68)61-51(59-45)60-46(66)29(2)3)76-77(69,70)57-26-38-42(39(53)50(74-38)64-28-56-40-43(54-27-55-44(40)64)58-47(67)30-13-9-7-10-14-30)75-52(31-15-11-8-12-16-31,32-17-21-35(71-4)22-18-32)33-19-23-36(72-5)24-20-33/h7-24,27-29,34,37-39,42,49-50,57H,6,25-26H2,1-5H3,(H,54,55,58,67)(H2,59,60,61,66,68)/t34-,37-,38-,39+,42-,49-,50-/m1/s1. The van der Waals surface area contributed by atoms with Crippen LogP contribution in [0.25, 0.3) is 22.3 Å². The topological polar surface area (TPSA) is 280 Å². The molecule has 8 aromatic rings. The Morgan fingerprint density at radius 1 is 0.831 bits per heavy atom. The van der Waals surface area contributed by atoms with Crippen LogP contribution < -0.4 is 30.4 Å². The third-order valence-electron chi connectivity index (χ3n) is 13.3. The summed E-state index contributed by atoms with van der Waals surface area (Å²) in [6.07, 6.45) is -6.74. The predicted molar refractivity (Wildman–Crippen MR) is 276 cm³/mol. The van der Waals surface area contributed by atoms with Gasteiger partial charge in [0.05, 0.1) is 26.7 Å². The number of fused-ring (bicyclic) bond motifs is 2. The molecule has 10 rings (SSSR count). The molecule has 2 fully saturated rings. The number of rotatable bonds is 19. The molecule has 0 radical (unpaired) electrons. The molecule has 2 saturated heterocycles. The van der Waals surface area contributed by atoms with Crippen molar-refractivity contribution in [3.8, 4) is 11.5 Å². The summed E-state index contributed by atoms with van der Waals surface area (Å²) >= 11 is 0. The SMILES string of the molecule is CC[C@@H]1C[C@@H](OS(=O)(=O)NC[C@H]2O[C@@H](n3cnc4c(NC(=O)c5ccccc5)ncnc43)[C@@H](F)[C@@H]2OC(c2ccccc2)(c2ccc(OC)cc2)c2ccc(OC)cc2)[C@H](n2nnc3c(=O)[nH]c(NC(=O)C(C)C)nc32)O1. The Labute approximate surface area is 439 Å². The highest BCUT2D eigenvalue weighted by Crippen LogP contribution is 2.47. The summed E-state index contributed by atoms with van der Waals surface area (Å²) in [5.41, 5.74) is -0.385. The average molecular weight is 1070 g/mol. The minimum Gasteiger partial charge on any atom is -0.497 e. The molecule has 2 aliphatic heterocycles. The molecule has 400 valence electrons. The number of hydrogen-bond acceptors (Lipinski definition) is 17. The molecule has 77 heavy (non-hydrogen) atoms. The summed E-state index contributed by atoms with van der Waals surface area (Å²) < 4.78 is 88.9. The van der Waals surface area contributed by atoms with Crippen molar-refractivity contribution in [1.29, 1.82) is 0 Å². The first kappa shape index (κ1) is 52.4. The van der Waals surface area contributed by atoms with Crippen LogP contribution in [-0.4, -0.2) is 116 Å². The quantitative estimate of drug-likeness (QED) is 0.0702. The second-order valence-electron chi connectivity index (χ2n) is 18.5. The first-order chi connectivity index (χ1) is 37.2. The van der Waals surface area contributed by atoms with E-state index >= 15 is 4.39 Å². The number of halogens is 1. The van der Waals surface area contributed by atoms with E-state index in [0.29, 0.717) is 40.2 Å². The molecule has 4 N–H and O–H groups in total. The number of anilines is 2. The van der Waals surface area contributed by atoms with Crippen LogP contribution in [0.1, 0.15) is 73.1 Å².